The van der Waals surface area contributed by atoms with E-state index >= 15 is 0 Å². The Morgan fingerprint density at radius 2 is 1.75 bits per heavy atom. The summed E-state index contributed by atoms with van der Waals surface area (Å²) in [6, 6.07) is 19.9. The number of halogens is 3. The first-order valence-electron chi connectivity index (χ1n) is 13.2. The Balaban J connectivity index is 1.45. The molecule has 6 nitrogen and oxygen atoms in total. The third kappa shape index (κ3) is 4.86. The van der Waals surface area contributed by atoms with Crippen LogP contribution in [0, 0.1) is 6.92 Å². The molecule has 206 valence electrons. The molecular formula is C31H28F3N3O3. The molecule has 4 aromatic rings. The molecule has 0 spiro atoms. The highest BCUT2D eigenvalue weighted by Gasteiger charge is 2.46. The van der Waals surface area contributed by atoms with E-state index in [1.807, 2.05) is 55.5 Å². The number of ether oxygens (including phenoxy) is 2. The van der Waals surface area contributed by atoms with Crippen LogP contribution >= 0.6 is 0 Å². The summed E-state index contributed by atoms with van der Waals surface area (Å²) in [4.78, 5) is 15.6. The Hall–Kier alpha value is -4.11. The van der Waals surface area contributed by atoms with Gasteiger partial charge in [-0.25, -0.2) is 0 Å². The lowest BCUT2D eigenvalue weighted by Crippen LogP contribution is -2.42. The first-order chi connectivity index (χ1) is 19.3. The van der Waals surface area contributed by atoms with Gasteiger partial charge in [-0.1, -0.05) is 54.1 Å². The van der Waals surface area contributed by atoms with E-state index in [0.29, 0.717) is 66.5 Å². The second-order valence-electron chi connectivity index (χ2n) is 10.2. The number of hydrogen-bond donors (Lipinski definition) is 1. The maximum Gasteiger partial charge on any atom is 0.416 e. The van der Waals surface area contributed by atoms with Crippen LogP contribution in [-0.4, -0.2) is 40.3 Å². The molecule has 9 heteroatoms. The van der Waals surface area contributed by atoms with Crippen LogP contribution in [0.2, 0.25) is 0 Å². The number of rotatable bonds is 6. The number of carbonyl (C=O) groups excluding carboxylic acids is 1. The third-order valence-electron chi connectivity index (χ3n) is 7.57. The van der Waals surface area contributed by atoms with E-state index in [-0.39, 0.29) is 11.9 Å². The number of aromatic nitrogens is 2. The second kappa shape index (κ2) is 10.5. The van der Waals surface area contributed by atoms with Crippen molar-refractivity contribution in [3.8, 4) is 17.0 Å². The molecule has 1 atom stereocenters. The van der Waals surface area contributed by atoms with E-state index < -0.39 is 17.8 Å². The fourth-order valence-corrected chi connectivity index (χ4v) is 5.58. The summed E-state index contributed by atoms with van der Waals surface area (Å²) in [6.07, 6.45) is -3.17. The van der Waals surface area contributed by atoms with Crippen LogP contribution in [-0.2, 0) is 17.5 Å². The average molecular weight is 548 g/mol. The fraction of sp³-hybridized carbons (Fsp3) is 0.290. The number of nitrogens with zero attached hydrogens (tertiary/aromatic N) is 2. The second-order valence-corrected chi connectivity index (χ2v) is 10.2. The van der Waals surface area contributed by atoms with Crippen molar-refractivity contribution in [1.29, 1.82) is 0 Å². The summed E-state index contributed by atoms with van der Waals surface area (Å²) >= 11 is 0. The molecule has 1 amide bonds. The number of nitrogens with one attached hydrogen (secondary N) is 1. The molecule has 1 fully saturated rings. The Labute approximate surface area is 229 Å². The summed E-state index contributed by atoms with van der Waals surface area (Å²) in [5.74, 6) is 0.386. The molecule has 1 saturated heterocycles. The molecule has 2 aliphatic rings. The Morgan fingerprint density at radius 3 is 2.45 bits per heavy atom. The van der Waals surface area contributed by atoms with Gasteiger partial charge in [0.25, 0.3) is 5.91 Å². The van der Waals surface area contributed by atoms with Gasteiger partial charge >= 0.3 is 6.18 Å². The fourth-order valence-electron chi connectivity index (χ4n) is 5.58. The molecule has 40 heavy (non-hydrogen) atoms. The van der Waals surface area contributed by atoms with Crippen LogP contribution in [0.4, 0.5) is 13.2 Å². The molecule has 0 bridgehead atoms. The van der Waals surface area contributed by atoms with E-state index in [1.54, 1.807) is 4.90 Å². The standard InChI is InChI=1S/C31H28F3N3O3/c1-19-7-12-25(40-18-20-5-3-2-4-6-20)24(17-19)27-26-28(36-35-27)30(38)37(23-13-15-39-16-14-23)29(26)21-8-10-22(11-9-21)31(32,33)34/h2-12,17,23,29H,13-16,18H2,1H3,(H,35,36). The van der Waals surface area contributed by atoms with E-state index in [0.717, 1.165) is 23.3 Å². The number of fused-ring (bicyclic) bond motifs is 1. The minimum absolute atomic E-state index is 0.117. The van der Waals surface area contributed by atoms with Crippen molar-refractivity contribution in [2.45, 2.75) is 44.6 Å². The van der Waals surface area contributed by atoms with Crippen LogP contribution in [0.5, 0.6) is 5.75 Å². The van der Waals surface area contributed by atoms with E-state index in [1.165, 1.54) is 12.1 Å². The summed E-state index contributed by atoms with van der Waals surface area (Å²) in [7, 11) is 0. The van der Waals surface area contributed by atoms with Crippen LogP contribution in [0.1, 0.15) is 57.2 Å². The van der Waals surface area contributed by atoms with E-state index in [2.05, 4.69) is 10.2 Å². The Bertz CT molecular complexity index is 1510. The van der Waals surface area contributed by atoms with Crippen molar-refractivity contribution in [2.24, 2.45) is 0 Å². The van der Waals surface area contributed by atoms with E-state index in [9.17, 15) is 18.0 Å². The normalized spacial score (nSPS) is 17.8. The summed E-state index contributed by atoms with van der Waals surface area (Å²) in [6.45, 7) is 3.34. The van der Waals surface area contributed by atoms with E-state index in [4.69, 9.17) is 9.47 Å². The topological polar surface area (TPSA) is 67.4 Å². The molecule has 0 aliphatic carbocycles. The van der Waals surface area contributed by atoms with Gasteiger partial charge in [0, 0.05) is 30.4 Å². The zero-order chi connectivity index (χ0) is 27.9. The molecule has 0 radical (unpaired) electrons. The molecular weight excluding hydrogens is 519 g/mol. The predicted molar refractivity (Wildman–Crippen MR) is 143 cm³/mol. The summed E-state index contributed by atoms with van der Waals surface area (Å²) in [5.41, 5.74) is 4.10. The largest absolute Gasteiger partial charge is 0.488 e. The molecule has 0 saturated carbocycles. The van der Waals surface area contributed by atoms with Crippen LogP contribution in [0.25, 0.3) is 11.3 Å². The van der Waals surface area contributed by atoms with Gasteiger partial charge < -0.3 is 14.4 Å². The Morgan fingerprint density at radius 1 is 1.02 bits per heavy atom. The molecule has 2 aliphatic heterocycles. The minimum atomic E-state index is -4.46. The van der Waals surface area contributed by atoms with Gasteiger partial charge in [0.1, 0.15) is 23.7 Å². The van der Waals surface area contributed by atoms with Gasteiger partial charge in [0.2, 0.25) is 0 Å². The summed E-state index contributed by atoms with van der Waals surface area (Å²) in [5, 5.41) is 7.52. The lowest BCUT2D eigenvalue weighted by atomic mass is 9.93. The molecule has 6 rings (SSSR count). The molecule has 3 heterocycles. The monoisotopic (exact) mass is 547 g/mol. The first kappa shape index (κ1) is 26.1. The van der Waals surface area contributed by atoms with Gasteiger partial charge in [0.05, 0.1) is 11.6 Å². The van der Waals surface area contributed by atoms with Crippen LogP contribution in [0.3, 0.4) is 0 Å². The molecule has 3 aromatic carbocycles. The quantitative estimate of drug-likeness (QED) is 0.292. The number of aromatic amines is 1. The number of amides is 1. The predicted octanol–water partition coefficient (Wildman–Crippen LogP) is 6.71. The number of carbonyl (C=O) groups is 1. The molecule has 1 unspecified atom stereocenters. The number of benzene rings is 3. The van der Waals surface area contributed by atoms with Crippen molar-refractivity contribution < 1.29 is 27.4 Å². The van der Waals surface area contributed by atoms with Gasteiger partial charge in [-0.05, 0) is 55.2 Å². The third-order valence-corrected chi connectivity index (χ3v) is 7.57. The first-order valence-corrected chi connectivity index (χ1v) is 13.2. The van der Waals surface area contributed by atoms with Gasteiger partial charge in [-0.15, -0.1) is 0 Å². The number of hydrogen-bond acceptors (Lipinski definition) is 4. The number of aryl methyl sites for hydroxylation is 1. The minimum Gasteiger partial charge on any atom is -0.488 e. The lowest BCUT2D eigenvalue weighted by Gasteiger charge is -2.36. The SMILES string of the molecule is Cc1ccc(OCc2ccccc2)c(-c2n[nH]c3c2C(c2ccc(C(F)(F)F)cc2)N(C2CCOCC2)C3=O)c1. The molecule has 1 aromatic heterocycles. The highest BCUT2D eigenvalue weighted by Crippen LogP contribution is 2.47. The maximum atomic E-state index is 13.8. The van der Waals surface area contributed by atoms with Gasteiger partial charge in [-0.2, -0.15) is 18.3 Å². The highest BCUT2D eigenvalue weighted by atomic mass is 19.4. The van der Waals surface area contributed by atoms with Gasteiger partial charge in [0.15, 0.2) is 0 Å². The smallest absolute Gasteiger partial charge is 0.416 e. The maximum absolute atomic E-state index is 13.8. The zero-order valence-electron chi connectivity index (χ0n) is 21.9. The number of alkyl halides is 3. The van der Waals surface area contributed by atoms with Gasteiger partial charge in [-0.3, -0.25) is 9.89 Å². The van der Waals surface area contributed by atoms with Crippen molar-refractivity contribution in [3.63, 3.8) is 0 Å². The van der Waals surface area contributed by atoms with Crippen molar-refractivity contribution >= 4 is 5.91 Å². The van der Waals surface area contributed by atoms with Crippen LogP contribution in [0.15, 0.2) is 72.8 Å². The summed E-state index contributed by atoms with van der Waals surface area (Å²) < 4.78 is 51.9. The Kier molecular flexibility index (Phi) is 6.83. The van der Waals surface area contributed by atoms with Crippen LogP contribution < -0.4 is 4.74 Å². The average Bonchev–Trinajstić information content (AvgIpc) is 3.51. The van der Waals surface area contributed by atoms with Crippen molar-refractivity contribution in [3.05, 3.63) is 106 Å². The van der Waals surface area contributed by atoms with Crippen molar-refractivity contribution in [2.75, 3.05) is 13.2 Å². The zero-order valence-corrected chi connectivity index (χ0v) is 21.9. The number of H-pyrrole nitrogens is 1. The molecule has 1 N–H and O–H groups in total. The highest BCUT2D eigenvalue weighted by molar-refractivity contribution is 6.00. The van der Waals surface area contributed by atoms with Crippen molar-refractivity contribution in [1.82, 2.24) is 15.1 Å². The lowest BCUT2D eigenvalue weighted by molar-refractivity contribution is -0.137.